The Bertz CT molecular complexity index is 164. The van der Waals surface area contributed by atoms with Gasteiger partial charge in [0, 0.05) is 12.1 Å². The maximum absolute atomic E-state index is 3.66. The highest BCUT2D eigenvalue weighted by atomic mass is 15.2. The number of nitrogens with one attached hydrogen (secondary N) is 1. The molecule has 2 heteroatoms. The molecule has 2 aliphatic heterocycles. The Balaban J connectivity index is 1.82. The van der Waals surface area contributed by atoms with Crippen molar-refractivity contribution in [3.8, 4) is 0 Å². The van der Waals surface area contributed by atoms with E-state index in [2.05, 4.69) is 17.1 Å². The number of likely N-dealkylation sites (tertiary alicyclic amines) is 1. The van der Waals surface area contributed by atoms with Gasteiger partial charge in [0.1, 0.15) is 0 Å². The van der Waals surface area contributed by atoms with Crippen LogP contribution in [0.1, 0.15) is 45.4 Å². The smallest absolute Gasteiger partial charge is 0.0249 e. The summed E-state index contributed by atoms with van der Waals surface area (Å²) in [6.45, 7) is 6.23. The summed E-state index contributed by atoms with van der Waals surface area (Å²) in [5.74, 6) is 0. The van der Waals surface area contributed by atoms with Gasteiger partial charge in [-0.2, -0.15) is 0 Å². The van der Waals surface area contributed by atoms with Crippen LogP contribution in [0.4, 0.5) is 0 Å². The van der Waals surface area contributed by atoms with Crippen molar-refractivity contribution < 1.29 is 0 Å². The van der Waals surface area contributed by atoms with E-state index in [1.165, 1.54) is 58.2 Å². The van der Waals surface area contributed by atoms with E-state index in [9.17, 15) is 0 Å². The number of rotatable bonds is 4. The fraction of sp³-hybridized carbons (Fsp3) is 1.00. The standard InChI is InChI=1S/C12H24N2/c1-2-3-9-14-10-5-7-12(14)11-6-4-8-13-11/h11-13H,2-10H2,1H3. The molecule has 2 fully saturated rings. The first-order valence-corrected chi connectivity index (χ1v) is 6.39. The third kappa shape index (κ3) is 2.29. The molecule has 14 heavy (non-hydrogen) atoms. The fourth-order valence-corrected chi connectivity index (χ4v) is 2.99. The Morgan fingerprint density at radius 2 is 2.21 bits per heavy atom. The summed E-state index contributed by atoms with van der Waals surface area (Å²) in [5, 5.41) is 3.66. The van der Waals surface area contributed by atoms with Crippen LogP contribution in [0.15, 0.2) is 0 Å². The first kappa shape index (κ1) is 10.4. The maximum Gasteiger partial charge on any atom is 0.0249 e. The minimum atomic E-state index is 0.814. The van der Waals surface area contributed by atoms with Crippen molar-refractivity contribution in [3.63, 3.8) is 0 Å². The fourth-order valence-electron chi connectivity index (χ4n) is 2.99. The van der Waals surface area contributed by atoms with E-state index in [4.69, 9.17) is 0 Å². The van der Waals surface area contributed by atoms with Crippen LogP contribution in [-0.2, 0) is 0 Å². The lowest BCUT2D eigenvalue weighted by atomic mass is 10.0. The molecular formula is C12H24N2. The van der Waals surface area contributed by atoms with E-state index in [-0.39, 0.29) is 0 Å². The van der Waals surface area contributed by atoms with Gasteiger partial charge in [-0.05, 0) is 51.7 Å². The monoisotopic (exact) mass is 196 g/mol. The molecule has 0 amide bonds. The normalized spacial score (nSPS) is 34.1. The van der Waals surface area contributed by atoms with Gasteiger partial charge in [-0.1, -0.05) is 13.3 Å². The maximum atomic E-state index is 3.66. The Labute approximate surface area is 88.1 Å². The zero-order valence-corrected chi connectivity index (χ0v) is 9.47. The molecule has 0 aromatic carbocycles. The SMILES string of the molecule is CCCCN1CCCC1C1CCCN1. The number of hydrogen-bond donors (Lipinski definition) is 1. The predicted octanol–water partition coefficient (Wildman–Crippen LogP) is 2.00. The number of hydrogen-bond acceptors (Lipinski definition) is 2. The van der Waals surface area contributed by atoms with Crippen molar-refractivity contribution in [2.45, 2.75) is 57.5 Å². The van der Waals surface area contributed by atoms with E-state index in [0.29, 0.717) is 0 Å². The Hall–Kier alpha value is -0.0800. The van der Waals surface area contributed by atoms with Crippen LogP contribution in [0.25, 0.3) is 0 Å². The van der Waals surface area contributed by atoms with E-state index >= 15 is 0 Å². The molecule has 2 rings (SSSR count). The summed E-state index contributed by atoms with van der Waals surface area (Å²) in [5.41, 5.74) is 0. The predicted molar refractivity (Wildman–Crippen MR) is 60.5 cm³/mol. The molecule has 2 unspecified atom stereocenters. The molecular weight excluding hydrogens is 172 g/mol. The highest BCUT2D eigenvalue weighted by Crippen LogP contribution is 2.24. The van der Waals surface area contributed by atoms with Gasteiger partial charge in [-0.3, -0.25) is 4.90 Å². The highest BCUT2D eigenvalue weighted by Gasteiger charge is 2.32. The van der Waals surface area contributed by atoms with Crippen molar-refractivity contribution in [1.82, 2.24) is 10.2 Å². The lowest BCUT2D eigenvalue weighted by Crippen LogP contribution is -2.44. The third-order valence-corrected chi connectivity index (χ3v) is 3.78. The molecule has 0 aliphatic carbocycles. The summed E-state index contributed by atoms with van der Waals surface area (Å²) in [6.07, 6.45) is 8.37. The average Bonchev–Trinajstić information content (AvgIpc) is 2.84. The second kappa shape index (κ2) is 5.13. The summed E-state index contributed by atoms with van der Waals surface area (Å²) in [6, 6.07) is 1.68. The van der Waals surface area contributed by atoms with Crippen molar-refractivity contribution in [2.75, 3.05) is 19.6 Å². The minimum absolute atomic E-state index is 0.814. The first-order valence-electron chi connectivity index (χ1n) is 6.39. The van der Waals surface area contributed by atoms with Gasteiger partial charge in [-0.25, -0.2) is 0 Å². The van der Waals surface area contributed by atoms with E-state index in [1.807, 2.05) is 0 Å². The van der Waals surface area contributed by atoms with Gasteiger partial charge in [-0.15, -0.1) is 0 Å². The second-order valence-corrected chi connectivity index (χ2v) is 4.80. The molecule has 2 heterocycles. The summed E-state index contributed by atoms with van der Waals surface area (Å²) < 4.78 is 0. The van der Waals surface area contributed by atoms with Crippen molar-refractivity contribution in [3.05, 3.63) is 0 Å². The first-order chi connectivity index (χ1) is 6.92. The van der Waals surface area contributed by atoms with Gasteiger partial charge in [0.25, 0.3) is 0 Å². The van der Waals surface area contributed by atoms with Crippen LogP contribution in [0.5, 0.6) is 0 Å². The molecule has 82 valence electrons. The van der Waals surface area contributed by atoms with Crippen LogP contribution in [0.3, 0.4) is 0 Å². The van der Waals surface area contributed by atoms with Crippen molar-refractivity contribution in [2.24, 2.45) is 0 Å². The topological polar surface area (TPSA) is 15.3 Å². The molecule has 0 saturated carbocycles. The van der Waals surface area contributed by atoms with Gasteiger partial charge < -0.3 is 5.32 Å². The quantitative estimate of drug-likeness (QED) is 0.740. The van der Waals surface area contributed by atoms with Crippen LogP contribution in [0, 0.1) is 0 Å². The minimum Gasteiger partial charge on any atom is -0.312 e. The summed E-state index contributed by atoms with van der Waals surface area (Å²) in [7, 11) is 0. The van der Waals surface area contributed by atoms with E-state index in [0.717, 1.165) is 12.1 Å². The molecule has 1 N–H and O–H groups in total. The molecule has 0 bridgehead atoms. The van der Waals surface area contributed by atoms with Crippen molar-refractivity contribution >= 4 is 0 Å². The van der Waals surface area contributed by atoms with Crippen LogP contribution in [0.2, 0.25) is 0 Å². The van der Waals surface area contributed by atoms with Gasteiger partial charge in [0.15, 0.2) is 0 Å². The Morgan fingerprint density at radius 3 is 2.93 bits per heavy atom. The molecule has 2 atom stereocenters. The highest BCUT2D eigenvalue weighted by molar-refractivity contribution is 4.91. The third-order valence-electron chi connectivity index (χ3n) is 3.78. The Kier molecular flexibility index (Phi) is 3.82. The average molecular weight is 196 g/mol. The van der Waals surface area contributed by atoms with Crippen LogP contribution in [-0.4, -0.2) is 36.6 Å². The second-order valence-electron chi connectivity index (χ2n) is 4.80. The zero-order valence-electron chi connectivity index (χ0n) is 9.47. The van der Waals surface area contributed by atoms with Gasteiger partial charge in [0.2, 0.25) is 0 Å². The molecule has 2 nitrogen and oxygen atoms in total. The van der Waals surface area contributed by atoms with Gasteiger partial charge >= 0.3 is 0 Å². The lowest BCUT2D eigenvalue weighted by Gasteiger charge is -2.29. The van der Waals surface area contributed by atoms with Crippen molar-refractivity contribution in [1.29, 1.82) is 0 Å². The molecule has 0 aromatic rings. The van der Waals surface area contributed by atoms with Crippen LogP contribution >= 0.6 is 0 Å². The largest absolute Gasteiger partial charge is 0.312 e. The van der Waals surface area contributed by atoms with Crippen LogP contribution < -0.4 is 5.32 Å². The van der Waals surface area contributed by atoms with E-state index < -0.39 is 0 Å². The molecule has 0 radical (unpaired) electrons. The number of nitrogens with zero attached hydrogens (tertiary/aromatic N) is 1. The molecule has 2 saturated heterocycles. The molecule has 2 aliphatic rings. The number of unbranched alkanes of at least 4 members (excludes halogenated alkanes) is 1. The van der Waals surface area contributed by atoms with Gasteiger partial charge in [0.05, 0.1) is 0 Å². The molecule has 0 aromatic heterocycles. The van der Waals surface area contributed by atoms with E-state index in [1.54, 1.807) is 0 Å². The molecule has 0 spiro atoms. The zero-order chi connectivity index (χ0) is 9.80. The summed E-state index contributed by atoms with van der Waals surface area (Å²) in [4.78, 5) is 2.73. The summed E-state index contributed by atoms with van der Waals surface area (Å²) >= 11 is 0. The lowest BCUT2D eigenvalue weighted by molar-refractivity contribution is 0.211. The Morgan fingerprint density at radius 1 is 1.29 bits per heavy atom.